The van der Waals surface area contributed by atoms with Crippen molar-refractivity contribution in [3.05, 3.63) is 70.2 Å². The van der Waals surface area contributed by atoms with Gasteiger partial charge < -0.3 is 10.1 Å². The van der Waals surface area contributed by atoms with Crippen molar-refractivity contribution in [2.24, 2.45) is 5.92 Å². The van der Waals surface area contributed by atoms with E-state index >= 15 is 0 Å². The van der Waals surface area contributed by atoms with Crippen molar-refractivity contribution in [1.29, 1.82) is 5.26 Å². The normalized spacial score (nSPS) is 13.2. The molecule has 6 heteroatoms. The van der Waals surface area contributed by atoms with Crippen LogP contribution in [0.4, 0.5) is 0 Å². The fraction of sp³-hybridized carbons (Fsp3) is 0.400. The summed E-state index contributed by atoms with van der Waals surface area (Å²) in [5.74, 6) is -1.22. The molecule has 0 aliphatic heterocycles. The summed E-state index contributed by atoms with van der Waals surface area (Å²) < 4.78 is 5.41. The van der Waals surface area contributed by atoms with Gasteiger partial charge in [0.05, 0.1) is 17.6 Å². The third-order valence-electron chi connectivity index (χ3n) is 5.15. The maximum Gasteiger partial charge on any atom is 0.309 e. The maximum atomic E-state index is 12.9. The Bertz CT molecular complexity index is 961. The largest absolute Gasteiger partial charge is 0.449 e. The molecule has 31 heavy (non-hydrogen) atoms. The molecule has 1 N–H and O–H groups in total. The van der Waals surface area contributed by atoms with E-state index in [1.165, 1.54) is 0 Å². The van der Waals surface area contributed by atoms with E-state index in [0.29, 0.717) is 17.0 Å². The van der Waals surface area contributed by atoms with E-state index < -0.39 is 11.6 Å². The monoisotopic (exact) mass is 440 g/mol. The number of rotatable bonds is 8. The predicted molar refractivity (Wildman–Crippen MR) is 122 cm³/mol. The Morgan fingerprint density at radius 2 is 1.77 bits per heavy atom. The van der Waals surface area contributed by atoms with Crippen LogP contribution in [0.1, 0.15) is 57.2 Å². The van der Waals surface area contributed by atoms with Crippen LogP contribution < -0.4 is 5.32 Å². The molecule has 2 unspecified atom stereocenters. The van der Waals surface area contributed by atoms with Crippen molar-refractivity contribution in [3.8, 4) is 6.07 Å². The average molecular weight is 441 g/mol. The Balaban J connectivity index is 2.27. The number of halogens is 1. The second-order valence-electron chi connectivity index (χ2n) is 8.52. The van der Waals surface area contributed by atoms with E-state index in [2.05, 4.69) is 11.4 Å². The van der Waals surface area contributed by atoms with E-state index in [0.717, 1.165) is 11.1 Å². The molecule has 0 saturated carbocycles. The van der Waals surface area contributed by atoms with Gasteiger partial charge in [0.1, 0.15) is 0 Å². The van der Waals surface area contributed by atoms with Crippen LogP contribution in [0.5, 0.6) is 0 Å². The molecule has 5 nitrogen and oxygen atoms in total. The summed E-state index contributed by atoms with van der Waals surface area (Å²) in [5.41, 5.74) is 1.26. The van der Waals surface area contributed by atoms with Crippen molar-refractivity contribution in [2.45, 2.75) is 58.6 Å². The molecule has 0 aliphatic rings. The third kappa shape index (κ3) is 6.83. The first-order valence-corrected chi connectivity index (χ1v) is 10.7. The minimum Gasteiger partial charge on any atom is -0.449 e. The van der Waals surface area contributed by atoms with Gasteiger partial charge in [-0.2, -0.15) is 5.26 Å². The average Bonchev–Trinajstić information content (AvgIpc) is 2.72. The summed E-state index contributed by atoms with van der Waals surface area (Å²) in [6.07, 6.45) is 0.639. The van der Waals surface area contributed by atoms with Gasteiger partial charge in [-0.3, -0.25) is 9.59 Å². The number of carbonyl (C=O) groups is 2. The van der Waals surface area contributed by atoms with Crippen LogP contribution in [0.2, 0.25) is 5.02 Å². The number of carbonyl (C=O) groups excluding carboxylic acids is 2. The predicted octanol–water partition coefficient (Wildman–Crippen LogP) is 5.02. The molecule has 2 aromatic rings. The van der Waals surface area contributed by atoms with Crippen molar-refractivity contribution >= 4 is 23.5 Å². The van der Waals surface area contributed by atoms with Crippen LogP contribution in [-0.4, -0.2) is 23.5 Å². The number of ether oxygens (including phenoxy) is 1. The quantitative estimate of drug-likeness (QED) is 0.584. The molecule has 2 rings (SSSR count). The standard InChI is InChI=1S/C25H29ClN2O3/c1-16(2)23(29)31-25(4,5)24(30)28-17(3)22(14-18-9-11-21(26)12-10-18)20-8-6-7-19(13-20)15-27/h6-13,16-17,22H,14H2,1-5H3,(H,28,30). The molecule has 1 amide bonds. The van der Waals surface area contributed by atoms with E-state index in [4.69, 9.17) is 16.3 Å². The molecule has 0 saturated heterocycles. The van der Waals surface area contributed by atoms with Gasteiger partial charge in [0.25, 0.3) is 5.91 Å². The molecule has 0 aliphatic carbocycles. The highest BCUT2D eigenvalue weighted by Gasteiger charge is 2.35. The Labute approximate surface area is 189 Å². The van der Waals surface area contributed by atoms with E-state index in [-0.39, 0.29) is 23.8 Å². The van der Waals surface area contributed by atoms with Gasteiger partial charge in [0.15, 0.2) is 5.60 Å². The van der Waals surface area contributed by atoms with Gasteiger partial charge in [0, 0.05) is 17.0 Å². The van der Waals surface area contributed by atoms with E-state index in [1.807, 2.05) is 49.4 Å². The number of nitriles is 1. The minimum atomic E-state index is -1.30. The first-order valence-electron chi connectivity index (χ1n) is 10.3. The van der Waals surface area contributed by atoms with Crippen LogP contribution >= 0.6 is 11.6 Å². The Morgan fingerprint density at radius 1 is 1.13 bits per heavy atom. The van der Waals surface area contributed by atoms with Crippen molar-refractivity contribution < 1.29 is 14.3 Å². The summed E-state index contributed by atoms with van der Waals surface area (Å²) in [6, 6.07) is 16.8. The van der Waals surface area contributed by atoms with Crippen LogP contribution in [0.3, 0.4) is 0 Å². The molecular weight excluding hydrogens is 412 g/mol. The minimum absolute atomic E-state index is 0.102. The van der Waals surface area contributed by atoms with Crippen molar-refractivity contribution in [1.82, 2.24) is 5.32 Å². The second-order valence-corrected chi connectivity index (χ2v) is 8.96. The zero-order valence-corrected chi connectivity index (χ0v) is 19.4. The van der Waals surface area contributed by atoms with Crippen LogP contribution in [0.25, 0.3) is 0 Å². The number of esters is 1. The number of amides is 1. The summed E-state index contributed by atoms with van der Waals surface area (Å²) in [7, 11) is 0. The first-order chi connectivity index (χ1) is 14.5. The van der Waals surface area contributed by atoms with Crippen molar-refractivity contribution in [2.75, 3.05) is 0 Å². The lowest BCUT2D eigenvalue weighted by Gasteiger charge is -2.31. The highest BCUT2D eigenvalue weighted by atomic mass is 35.5. The number of hydrogen-bond donors (Lipinski definition) is 1. The first kappa shape index (κ1) is 24.4. The molecule has 0 fully saturated rings. The lowest BCUT2D eigenvalue weighted by molar-refractivity contribution is -0.168. The molecule has 0 spiro atoms. The third-order valence-corrected chi connectivity index (χ3v) is 5.40. The summed E-state index contributed by atoms with van der Waals surface area (Å²) in [5, 5.41) is 13.0. The lowest BCUT2D eigenvalue weighted by atomic mass is 9.85. The smallest absolute Gasteiger partial charge is 0.309 e. The number of benzene rings is 2. The van der Waals surface area contributed by atoms with Gasteiger partial charge in [-0.1, -0.05) is 49.7 Å². The molecule has 0 heterocycles. The van der Waals surface area contributed by atoms with Gasteiger partial charge in [-0.15, -0.1) is 0 Å². The Kier molecular flexibility index (Phi) is 8.24. The topological polar surface area (TPSA) is 79.2 Å². The molecular formula is C25H29ClN2O3. The highest BCUT2D eigenvalue weighted by molar-refractivity contribution is 6.30. The van der Waals surface area contributed by atoms with Gasteiger partial charge >= 0.3 is 5.97 Å². The van der Waals surface area contributed by atoms with Gasteiger partial charge in [-0.25, -0.2) is 0 Å². The summed E-state index contributed by atoms with van der Waals surface area (Å²) in [6.45, 7) is 8.53. The molecule has 2 atom stereocenters. The second kappa shape index (κ2) is 10.5. The summed E-state index contributed by atoms with van der Waals surface area (Å²) in [4.78, 5) is 24.9. The molecule has 164 valence electrons. The number of nitrogens with zero attached hydrogens (tertiary/aromatic N) is 1. The lowest BCUT2D eigenvalue weighted by Crippen LogP contribution is -2.50. The SMILES string of the molecule is CC(C)C(=O)OC(C)(C)C(=O)NC(C)C(Cc1ccc(Cl)cc1)c1cccc(C#N)c1. The fourth-order valence-corrected chi connectivity index (χ4v) is 3.32. The molecule has 0 radical (unpaired) electrons. The zero-order chi connectivity index (χ0) is 23.2. The van der Waals surface area contributed by atoms with E-state index in [9.17, 15) is 14.9 Å². The van der Waals surface area contributed by atoms with E-state index in [1.54, 1.807) is 33.8 Å². The molecule has 0 aromatic heterocycles. The van der Waals surface area contributed by atoms with Crippen LogP contribution in [0, 0.1) is 17.2 Å². The van der Waals surface area contributed by atoms with Gasteiger partial charge in [-0.05, 0) is 62.6 Å². The van der Waals surface area contributed by atoms with Crippen LogP contribution in [0.15, 0.2) is 48.5 Å². The number of nitrogens with one attached hydrogen (secondary N) is 1. The Morgan fingerprint density at radius 3 is 2.35 bits per heavy atom. The van der Waals surface area contributed by atoms with Crippen LogP contribution in [-0.2, 0) is 20.7 Å². The maximum absolute atomic E-state index is 12.9. The number of hydrogen-bond acceptors (Lipinski definition) is 4. The molecule has 0 bridgehead atoms. The Hall–Kier alpha value is -2.84. The van der Waals surface area contributed by atoms with Gasteiger partial charge in [0.2, 0.25) is 0 Å². The fourth-order valence-electron chi connectivity index (χ4n) is 3.19. The highest BCUT2D eigenvalue weighted by Crippen LogP contribution is 2.27. The van der Waals surface area contributed by atoms with Crippen molar-refractivity contribution in [3.63, 3.8) is 0 Å². The zero-order valence-electron chi connectivity index (χ0n) is 18.6. The molecule has 2 aromatic carbocycles. The summed E-state index contributed by atoms with van der Waals surface area (Å²) >= 11 is 6.02.